The Morgan fingerprint density at radius 2 is 1.76 bits per heavy atom. The Labute approximate surface area is 221 Å². The predicted molar refractivity (Wildman–Crippen MR) is 139 cm³/mol. The number of carboxylic acids is 1. The summed E-state index contributed by atoms with van der Waals surface area (Å²) < 4.78 is 41.9. The van der Waals surface area contributed by atoms with E-state index in [1.54, 1.807) is 6.07 Å². The van der Waals surface area contributed by atoms with Gasteiger partial charge in [-0.1, -0.05) is 42.5 Å². The predicted octanol–water partition coefficient (Wildman–Crippen LogP) is 6.77. The standard InChI is InChI=1S/C27H20F3N5O2.ClH/c1-16(17-6-3-2-4-7-17)32-26-31-13-12-21(33-26)24-23(18-8-5-9-20(14-18)27(28,29)30)34-22-11-10-19(25(36)37)15-35(22)24;/h2-16H,1H3,(H,36,37)(H,31,32,33);1H/t16-;/m0./s1. The lowest BCUT2D eigenvalue weighted by atomic mass is 10.0. The Morgan fingerprint density at radius 1 is 1.00 bits per heavy atom. The number of aromatic carboxylic acids is 1. The first kappa shape index (κ1) is 26.6. The number of fused-ring (bicyclic) bond motifs is 1. The molecule has 0 aliphatic rings. The lowest BCUT2D eigenvalue weighted by Gasteiger charge is -2.15. The van der Waals surface area contributed by atoms with Crippen molar-refractivity contribution in [3.05, 3.63) is 102 Å². The van der Waals surface area contributed by atoms with E-state index in [-0.39, 0.29) is 35.3 Å². The highest BCUT2D eigenvalue weighted by atomic mass is 35.5. The molecule has 0 aliphatic heterocycles. The van der Waals surface area contributed by atoms with E-state index in [1.807, 2.05) is 37.3 Å². The number of hydrogen-bond donors (Lipinski definition) is 2. The summed E-state index contributed by atoms with van der Waals surface area (Å²) in [5.74, 6) is -0.850. The highest BCUT2D eigenvalue weighted by molar-refractivity contribution is 5.89. The largest absolute Gasteiger partial charge is 0.478 e. The smallest absolute Gasteiger partial charge is 0.416 e. The van der Waals surface area contributed by atoms with Crippen molar-refractivity contribution in [2.75, 3.05) is 5.32 Å². The fraction of sp³-hybridized carbons (Fsp3) is 0.111. The van der Waals surface area contributed by atoms with Crippen LogP contribution in [0.15, 0.2) is 85.2 Å². The van der Waals surface area contributed by atoms with Crippen molar-refractivity contribution in [1.82, 2.24) is 19.4 Å². The second kappa shape index (κ2) is 10.5. The Bertz CT molecular complexity index is 1610. The van der Waals surface area contributed by atoms with Gasteiger partial charge in [-0.2, -0.15) is 13.2 Å². The fourth-order valence-electron chi connectivity index (χ4n) is 4.04. The van der Waals surface area contributed by atoms with Gasteiger partial charge in [0.1, 0.15) is 5.65 Å². The lowest BCUT2D eigenvalue weighted by molar-refractivity contribution is -0.137. The molecule has 0 radical (unpaired) electrons. The van der Waals surface area contributed by atoms with Gasteiger partial charge in [-0.05, 0) is 42.8 Å². The van der Waals surface area contributed by atoms with Crippen LogP contribution in [0.25, 0.3) is 28.3 Å². The molecule has 194 valence electrons. The van der Waals surface area contributed by atoms with Gasteiger partial charge >= 0.3 is 12.1 Å². The Kier molecular flexibility index (Phi) is 7.36. The van der Waals surface area contributed by atoms with E-state index < -0.39 is 17.7 Å². The minimum Gasteiger partial charge on any atom is -0.478 e. The zero-order valence-electron chi connectivity index (χ0n) is 19.8. The zero-order valence-corrected chi connectivity index (χ0v) is 20.7. The number of aromatic nitrogens is 4. The number of pyridine rings is 1. The van der Waals surface area contributed by atoms with Gasteiger partial charge in [0.2, 0.25) is 5.95 Å². The van der Waals surface area contributed by atoms with Gasteiger partial charge in [-0.3, -0.25) is 4.40 Å². The Morgan fingerprint density at radius 3 is 2.47 bits per heavy atom. The van der Waals surface area contributed by atoms with Crippen LogP contribution in [0.2, 0.25) is 0 Å². The average Bonchev–Trinajstić information content (AvgIpc) is 3.28. The van der Waals surface area contributed by atoms with Crippen molar-refractivity contribution in [3.63, 3.8) is 0 Å². The van der Waals surface area contributed by atoms with Crippen molar-refractivity contribution < 1.29 is 23.1 Å². The molecule has 7 nitrogen and oxygen atoms in total. The van der Waals surface area contributed by atoms with Gasteiger partial charge in [-0.15, -0.1) is 12.4 Å². The van der Waals surface area contributed by atoms with Crippen LogP contribution in [0.1, 0.15) is 34.5 Å². The molecule has 2 aromatic carbocycles. The summed E-state index contributed by atoms with van der Waals surface area (Å²) in [4.78, 5) is 25.1. The summed E-state index contributed by atoms with van der Waals surface area (Å²) >= 11 is 0. The first-order valence-electron chi connectivity index (χ1n) is 11.3. The van der Waals surface area contributed by atoms with E-state index in [4.69, 9.17) is 0 Å². The van der Waals surface area contributed by atoms with Gasteiger partial charge in [0.25, 0.3) is 0 Å². The maximum absolute atomic E-state index is 13.4. The molecule has 5 aromatic rings. The van der Waals surface area contributed by atoms with Gasteiger partial charge in [0.05, 0.1) is 34.3 Å². The van der Waals surface area contributed by atoms with Gasteiger partial charge in [-0.25, -0.2) is 19.7 Å². The highest BCUT2D eigenvalue weighted by Crippen LogP contribution is 2.36. The van der Waals surface area contributed by atoms with Crippen LogP contribution < -0.4 is 5.32 Å². The molecule has 0 spiro atoms. The maximum atomic E-state index is 13.4. The number of anilines is 1. The van der Waals surface area contributed by atoms with Crippen LogP contribution in [0, 0.1) is 0 Å². The van der Waals surface area contributed by atoms with Crippen LogP contribution in [-0.4, -0.2) is 30.4 Å². The SMILES string of the molecule is C[C@H](Nc1nccc(-c2c(-c3cccc(C(F)(F)F)c3)nc3ccc(C(=O)O)cn23)n1)c1ccccc1.Cl. The number of rotatable bonds is 6. The van der Waals surface area contributed by atoms with E-state index >= 15 is 0 Å². The molecule has 0 fully saturated rings. The monoisotopic (exact) mass is 539 g/mol. The molecule has 3 heterocycles. The molecule has 0 bridgehead atoms. The molecule has 0 saturated carbocycles. The molecule has 2 N–H and O–H groups in total. The minimum absolute atomic E-state index is 0. The van der Waals surface area contributed by atoms with Crippen molar-refractivity contribution in [3.8, 4) is 22.6 Å². The summed E-state index contributed by atoms with van der Waals surface area (Å²) in [6.45, 7) is 1.95. The third-order valence-electron chi connectivity index (χ3n) is 5.87. The Balaban J connectivity index is 0.00000336. The molecule has 0 unspecified atom stereocenters. The summed E-state index contributed by atoms with van der Waals surface area (Å²) in [6.07, 6.45) is -1.64. The summed E-state index contributed by atoms with van der Waals surface area (Å²) in [7, 11) is 0. The van der Waals surface area contributed by atoms with Crippen LogP contribution >= 0.6 is 12.4 Å². The van der Waals surface area contributed by atoms with Crippen molar-refractivity contribution in [1.29, 1.82) is 0 Å². The number of hydrogen-bond acceptors (Lipinski definition) is 5. The number of carbonyl (C=O) groups is 1. The normalized spacial score (nSPS) is 12.1. The number of nitrogens with zero attached hydrogens (tertiary/aromatic N) is 4. The zero-order chi connectivity index (χ0) is 26.2. The third-order valence-corrected chi connectivity index (χ3v) is 5.87. The minimum atomic E-state index is -4.54. The molecular formula is C27H21ClF3N5O2. The van der Waals surface area contributed by atoms with Gasteiger partial charge < -0.3 is 10.4 Å². The number of halogens is 4. The molecule has 11 heteroatoms. The average molecular weight is 540 g/mol. The first-order chi connectivity index (χ1) is 17.7. The lowest BCUT2D eigenvalue weighted by Crippen LogP contribution is -2.10. The number of alkyl halides is 3. The fourth-order valence-corrected chi connectivity index (χ4v) is 4.04. The molecule has 0 amide bonds. The van der Waals surface area contributed by atoms with E-state index in [2.05, 4.69) is 20.3 Å². The van der Waals surface area contributed by atoms with Crippen molar-refractivity contribution in [2.45, 2.75) is 19.1 Å². The van der Waals surface area contributed by atoms with Crippen molar-refractivity contribution in [2.24, 2.45) is 0 Å². The summed E-state index contributed by atoms with van der Waals surface area (Å²) in [5.41, 5.74) is 1.70. The van der Waals surface area contributed by atoms with Crippen LogP contribution in [0.4, 0.5) is 19.1 Å². The molecule has 1 atom stereocenters. The molecule has 0 saturated heterocycles. The van der Waals surface area contributed by atoms with Crippen LogP contribution in [-0.2, 0) is 6.18 Å². The second-order valence-corrected chi connectivity index (χ2v) is 8.38. The number of imidazole rings is 1. The van der Waals surface area contributed by atoms with E-state index in [0.29, 0.717) is 23.0 Å². The summed E-state index contributed by atoms with van der Waals surface area (Å²) in [6, 6.07) is 18.9. The highest BCUT2D eigenvalue weighted by Gasteiger charge is 2.31. The number of carboxylic acid groups (broad SMARTS) is 1. The van der Waals surface area contributed by atoms with Crippen molar-refractivity contribution >= 4 is 30.0 Å². The molecule has 3 aromatic heterocycles. The third kappa shape index (κ3) is 5.30. The van der Waals surface area contributed by atoms with E-state index in [0.717, 1.165) is 17.7 Å². The first-order valence-corrected chi connectivity index (χ1v) is 11.3. The number of benzene rings is 2. The topological polar surface area (TPSA) is 92.4 Å². The molecule has 38 heavy (non-hydrogen) atoms. The Hall–Kier alpha value is -4.44. The second-order valence-electron chi connectivity index (χ2n) is 8.38. The van der Waals surface area contributed by atoms with Gasteiger partial charge in [0.15, 0.2) is 0 Å². The maximum Gasteiger partial charge on any atom is 0.416 e. The van der Waals surface area contributed by atoms with Gasteiger partial charge in [0, 0.05) is 18.0 Å². The number of nitrogens with one attached hydrogen (secondary N) is 1. The van der Waals surface area contributed by atoms with E-state index in [9.17, 15) is 23.1 Å². The van der Waals surface area contributed by atoms with E-state index in [1.165, 1.54) is 41.1 Å². The van der Waals surface area contributed by atoms with Crippen LogP contribution in [0.5, 0.6) is 0 Å². The quantitative estimate of drug-likeness (QED) is 0.247. The molecular weight excluding hydrogens is 519 g/mol. The summed E-state index contributed by atoms with van der Waals surface area (Å²) in [5, 5.41) is 12.7. The molecule has 0 aliphatic carbocycles. The molecule has 5 rings (SSSR count). The van der Waals surface area contributed by atoms with Crippen LogP contribution in [0.3, 0.4) is 0 Å².